The maximum Gasteiger partial charge on any atom is 0.264 e. The number of hydrogen-bond donors (Lipinski definition) is 1. The standard InChI is InChI=1S/C11H16N2OS/c1-8-7-12-5-6-13(8)11(14)10-4-3-9(2)15-10/h3-4,8,12H,5-7H2,1-2H3. The zero-order valence-corrected chi connectivity index (χ0v) is 9.93. The van der Waals surface area contributed by atoms with E-state index in [0.29, 0.717) is 6.04 Å². The molecule has 82 valence electrons. The second-order valence-electron chi connectivity index (χ2n) is 3.96. The Bertz CT molecular complexity index is 361. The predicted molar refractivity (Wildman–Crippen MR) is 62.4 cm³/mol. The summed E-state index contributed by atoms with van der Waals surface area (Å²) in [4.78, 5) is 16.1. The molecule has 1 aliphatic rings. The van der Waals surface area contributed by atoms with Gasteiger partial charge >= 0.3 is 0 Å². The van der Waals surface area contributed by atoms with Crippen LogP contribution in [0, 0.1) is 6.92 Å². The summed E-state index contributed by atoms with van der Waals surface area (Å²) in [6.45, 7) is 6.74. The van der Waals surface area contributed by atoms with E-state index in [1.54, 1.807) is 11.3 Å². The first-order valence-corrected chi connectivity index (χ1v) is 6.08. The molecule has 0 radical (unpaired) electrons. The van der Waals surface area contributed by atoms with Crippen LogP contribution in [0.1, 0.15) is 21.5 Å². The van der Waals surface area contributed by atoms with E-state index in [9.17, 15) is 4.79 Å². The van der Waals surface area contributed by atoms with Gasteiger partial charge in [0.1, 0.15) is 0 Å². The topological polar surface area (TPSA) is 32.3 Å². The van der Waals surface area contributed by atoms with Crippen LogP contribution in [0.25, 0.3) is 0 Å². The van der Waals surface area contributed by atoms with Crippen molar-refractivity contribution in [1.82, 2.24) is 10.2 Å². The molecule has 1 unspecified atom stereocenters. The van der Waals surface area contributed by atoms with Crippen LogP contribution in [0.5, 0.6) is 0 Å². The monoisotopic (exact) mass is 224 g/mol. The quantitative estimate of drug-likeness (QED) is 0.784. The summed E-state index contributed by atoms with van der Waals surface area (Å²) in [5.74, 6) is 0.183. The third kappa shape index (κ3) is 2.21. The first-order chi connectivity index (χ1) is 7.18. The van der Waals surface area contributed by atoms with Crippen LogP contribution in [0.4, 0.5) is 0 Å². The number of piperazine rings is 1. The summed E-state index contributed by atoms with van der Waals surface area (Å²) in [5.41, 5.74) is 0. The van der Waals surface area contributed by atoms with Crippen LogP contribution < -0.4 is 5.32 Å². The number of nitrogens with one attached hydrogen (secondary N) is 1. The van der Waals surface area contributed by atoms with Crippen LogP contribution in [-0.2, 0) is 0 Å². The molecule has 4 heteroatoms. The Balaban J connectivity index is 2.13. The normalized spacial score (nSPS) is 21.7. The van der Waals surface area contributed by atoms with Crippen LogP contribution in [0.15, 0.2) is 12.1 Å². The fraction of sp³-hybridized carbons (Fsp3) is 0.545. The molecule has 1 aromatic heterocycles. The fourth-order valence-electron chi connectivity index (χ4n) is 1.83. The van der Waals surface area contributed by atoms with Crippen molar-refractivity contribution in [2.45, 2.75) is 19.9 Å². The van der Waals surface area contributed by atoms with Crippen molar-refractivity contribution in [2.24, 2.45) is 0 Å². The second kappa shape index (κ2) is 4.33. The Morgan fingerprint density at radius 2 is 2.40 bits per heavy atom. The molecule has 1 N–H and O–H groups in total. The first-order valence-electron chi connectivity index (χ1n) is 5.26. The highest BCUT2D eigenvalue weighted by atomic mass is 32.1. The van der Waals surface area contributed by atoms with Crippen LogP contribution in [-0.4, -0.2) is 36.5 Å². The Kier molecular flexibility index (Phi) is 3.07. The third-order valence-corrected chi connectivity index (χ3v) is 3.70. The molecule has 1 aliphatic heterocycles. The minimum Gasteiger partial charge on any atom is -0.333 e. The molecular weight excluding hydrogens is 208 g/mol. The van der Waals surface area contributed by atoms with Gasteiger partial charge in [0.2, 0.25) is 0 Å². The lowest BCUT2D eigenvalue weighted by molar-refractivity contribution is 0.0661. The van der Waals surface area contributed by atoms with Gasteiger partial charge in [-0.25, -0.2) is 0 Å². The van der Waals surface area contributed by atoms with Gasteiger partial charge < -0.3 is 10.2 Å². The summed E-state index contributed by atoms with van der Waals surface area (Å²) >= 11 is 1.58. The summed E-state index contributed by atoms with van der Waals surface area (Å²) in [6, 6.07) is 4.23. The molecule has 1 saturated heterocycles. The lowest BCUT2D eigenvalue weighted by Gasteiger charge is -2.33. The molecule has 0 saturated carbocycles. The number of carbonyl (C=O) groups is 1. The highest BCUT2D eigenvalue weighted by Gasteiger charge is 2.24. The summed E-state index contributed by atoms with van der Waals surface area (Å²) < 4.78 is 0. The zero-order valence-electron chi connectivity index (χ0n) is 9.12. The average molecular weight is 224 g/mol. The fourth-order valence-corrected chi connectivity index (χ4v) is 2.66. The smallest absolute Gasteiger partial charge is 0.264 e. The molecule has 2 heterocycles. The lowest BCUT2D eigenvalue weighted by atomic mass is 10.2. The lowest BCUT2D eigenvalue weighted by Crippen LogP contribution is -2.52. The maximum absolute atomic E-state index is 12.1. The van der Waals surface area contributed by atoms with Crippen molar-refractivity contribution < 1.29 is 4.79 Å². The summed E-state index contributed by atoms with van der Waals surface area (Å²) in [7, 11) is 0. The highest BCUT2D eigenvalue weighted by Crippen LogP contribution is 2.18. The molecule has 0 aromatic carbocycles. The van der Waals surface area contributed by atoms with Gasteiger partial charge in [-0.3, -0.25) is 4.79 Å². The number of rotatable bonds is 1. The van der Waals surface area contributed by atoms with Crippen molar-refractivity contribution >= 4 is 17.2 Å². The Morgan fingerprint density at radius 3 is 3.00 bits per heavy atom. The number of carbonyl (C=O) groups excluding carboxylic acids is 1. The molecule has 15 heavy (non-hydrogen) atoms. The minimum atomic E-state index is 0.183. The number of hydrogen-bond acceptors (Lipinski definition) is 3. The third-order valence-electron chi connectivity index (χ3n) is 2.71. The highest BCUT2D eigenvalue weighted by molar-refractivity contribution is 7.13. The molecule has 2 rings (SSSR count). The first kappa shape index (κ1) is 10.6. The van der Waals surface area contributed by atoms with Crippen molar-refractivity contribution in [1.29, 1.82) is 0 Å². The number of thiophene rings is 1. The van der Waals surface area contributed by atoms with Crippen LogP contribution >= 0.6 is 11.3 Å². The molecule has 0 spiro atoms. The van der Waals surface area contributed by atoms with Gasteiger partial charge in [0.25, 0.3) is 5.91 Å². The summed E-state index contributed by atoms with van der Waals surface area (Å²) in [6.07, 6.45) is 0. The number of amides is 1. The van der Waals surface area contributed by atoms with E-state index < -0.39 is 0 Å². The average Bonchev–Trinajstić information content (AvgIpc) is 2.65. The Morgan fingerprint density at radius 1 is 1.60 bits per heavy atom. The molecule has 1 amide bonds. The molecule has 0 bridgehead atoms. The van der Waals surface area contributed by atoms with Crippen molar-refractivity contribution in [3.8, 4) is 0 Å². The predicted octanol–water partition coefficient (Wildman–Crippen LogP) is 1.49. The number of aryl methyl sites for hydroxylation is 1. The van der Waals surface area contributed by atoms with E-state index in [1.807, 2.05) is 24.0 Å². The zero-order chi connectivity index (χ0) is 10.8. The van der Waals surface area contributed by atoms with Crippen LogP contribution in [0.2, 0.25) is 0 Å². The minimum absolute atomic E-state index is 0.183. The van der Waals surface area contributed by atoms with E-state index >= 15 is 0 Å². The van der Waals surface area contributed by atoms with Gasteiger partial charge in [0.15, 0.2) is 0 Å². The maximum atomic E-state index is 12.1. The summed E-state index contributed by atoms with van der Waals surface area (Å²) in [5, 5.41) is 3.29. The van der Waals surface area contributed by atoms with Crippen molar-refractivity contribution in [3.05, 3.63) is 21.9 Å². The van der Waals surface area contributed by atoms with Crippen molar-refractivity contribution in [3.63, 3.8) is 0 Å². The van der Waals surface area contributed by atoms with E-state index in [-0.39, 0.29) is 5.91 Å². The van der Waals surface area contributed by atoms with Crippen LogP contribution in [0.3, 0.4) is 0 Å². The van der Waals surface area contributed by atoms with Gasteiger partial charge in [0, 0.05) is 30.6 Å². The van der Waals surface area contributed by atoms with Crippen molar-refractivity contribution in [2.75, 3.05) is 19.6 Å². The second-order valence-corrected chi connectivity index (χ2v) is 5.25. The van der Waals surface area contributed by atoms with Gasteiger partial charge in [-0.2, -0.15) is 0 Å². The van der Waals surface area contributed by atoms with Gasteiger partial charge in [0.05, 0.1) is 4.88 Å². The van der Waals surface area contributed by atoms with E-state index in [4.69, 9.17) is 0 Å². The number of nitrogens with zero attached hydrogens (tertiary/aromatic N) is 1. The Labute approximate surface area is 94.1 Å². The molecule has 1 aromatic rings. The SMILES string of the molecule is Cc1ccc(C(=O)N2CCNCC2C)s1. The molecule has 0 aliphatic carbocycles. The van der Waals surface area contributed by atoms with Gasteiger partial charge in [-0.1, -0.05) is 0 Å². The van der Waals surface area contributed by atoms with E-state index in [2.05, 4.69) is 12.2 Å². The molecular formula is C11H16N2OS. The van der Waals surface area contributed by atoms with E-state index in [0.717, 1.165) is 24.5 Å². The molecule has 1 fully saturated rings. The van der Waals surface area contributed by atoms with Gasteiger partial charge in [-0.15, -0.1) is 11.3 Å². The molecule has 1 atom stereocenters. The van der Waals surface area contributed by atoms with E-state index in [1.165, 1.54) is 4.88 Å². The van der Waals surface area contributed by atoms with Gasteiger partial charge in [-0.05, 0) is 26.0 Å². The largest absolute Gasteiger partial charge is 0.333 e. The molecule has 3 nitrogen and oxygen atoms in total. The Hall–Kier alpha value is -0.870.